The van der Waals surface area contributed by atoms with Crippen molar-refractivity contribution in [3.05, 3.63) is 28.8 Å². The van der Waals surface area contributed by atoms with Gasteiger partial charge in [0.15, 0.2) is 0 Å². The predicted octanol–water partition coefficient (Wildman–Crippen LogP) is 1.33. The number of carbonyl (C=O) groups excluding carboxylic acids is 1. The van der Waals surface area contributed by atoms with Crippen LogP contribution in [-0.2, 0) is 16.1 Å². The van der Waals surface area contributed by atoms with Crippen LogP contribution in [0.3, 0.4) is 0 Å². The molecule has 0 fully saturated rings. The highest BCUT2D eigenvalue weighted by Gasteiger charge is 2.13. The Bertz CT molecular complexity index is 422. The minimum Gasteiger partial charge on any atom is -0.496 e. The second-order valence-corrected chi connectivity index (χ2v) is 4.40. The van der Waals surface area contributed by atoms with Gasteiger partial charge in [0.1, 0.15) is 5.75 Å². The molecule has 0 heterocycles. The average molecular weight is 287 g/mol. The normalized spacial score (nSPS) is 12.0. The Kier molecular flexibility index (Phi) is 6.62. The van der Waals surface area contributed by atoms with Crippen LogP contribution in [0, 0.1) is 0 Å². The molecule has 0 saturated heterocycles. The van der Waals surface area contributed by atoms with Gasteiger partial charge >= 0.3 is 0 Å². The molecule has 3 N–H and O–H groups in total. The molecule has 1 atom stereocenters. The zero-order valence-corrected chi connectivity index (χ0v) is 11.9. The van der Waals surface area contributed by atoms with Crippen LogP contribution in [-0.4, -0.2) is 32.8 Å². The predicted molar refractivity (Wildman–Crippen MR) is 74.3 cm³/mol. The highest BCUT2D eigenvalue weighted by atomic mass is 35.5. The topological polar surface area (TPSA) is 73.6 Å². The molecule has 0 radical (unpaired) electrons. The molecule has 0 aliphatic rings. The summed E-state index contributed by atoms with van der Waals surface area (Å²) in [4.78, 5) is 11.7. The largest absolute Gasteiger partial charge is 0.496 e. The summed E-state index contributed by atoms with van der Waals surface area (Å²) in [5, 5.41) is 3.33. The first kappa shape index (κ1) is 15.8. The fraction of sp³-hybridized carbons (Fsp3) is 0.462. The Hall–Kier alpha value is -1.30. The highest BCUT2D eigenvalue weighted by Crippen LogP contribution is 2.25. The molecule has 0 aromatic heterocycles. The molecule has 1 unspecified atom stereocenters. The molecule has 1 rings (SSSR count). The van der Waals surface area contributed by atoms with Crippen molar-refractivity contribution in [1.29, 1.82) is 0 Å². The number of ether oxygens (including phenoxy) is 2. The van der Waals surface area contributed by atoms with E-state index in [9.17, 15) is 4.79 Å². The van der Waals surface area contributed by atoms with Gasteiger partial charge in [0.05, 0.1) is 19.6 Å². The van der Waals surface area contributed by atoms with E-state index < -0.39 is 0 Å². The molecule has 106 valence electrons. The maximum absolute atomic E-state index is 11.7. The van der Waals surface area contributed by atoms with Gasteiger partial charge in [-0.1, -0.05) is 17.7 Å². The Morgan fingerprint density at radius 3 is 2.79 bits per heavy atom. The van der Waals surface area contributed by atoms with Crippen LogP contribution < -0.4 is 15.8 Å². The molecule has 0 aliphatic carbocycles. The van der Waals surface area contributed by atoms with E-state index in [0.29, 0.717) is 23.9 Å². The van der Waals surface area contributed by atoms with Crippen LogP contribution in [0.5, 0.6) is 5.75 Å². The maximum Gasteiger partial charge on any atom is 0.222 e. The number of carbonyl (C=O) groups is 1. The van der Waals surface area contributed by atoms with Crippen LogP contribution in [0.25, 0.3) is 0 Å². The van der Waals surface area contributed by atoms with E-state index in [1.165, 1.54) is 7.11 Å². The third-order valence-corrected chi connectivity index (χ3v) is 3.12. The lowest BCUT2D eigenvalue weighted by atomic mass is 10.2. The van der Waals surface area contributed by atoms with Crippen molar-refractivity contribution in [3.63, 3.8) is 0 Å². The van der Waals surface area contributed by atoms with Gasteiger partial charge in [-0.15, -0.1) is 0 Å². The fourth-order valence-electron chi connectivity index (χ4n) is 1.63. The number of nitrogens with one attached hydrogen (secondary N) is 1. The highest BCUT2D eigenvalue weighted by molar-refractivity contribution is 6.31. The molecule has 1 amide bonds. The van der Waals surface area contributed by atoms with Gasteiger partial charge in [-0.3, -0.25) is 4.79 Å². The van der Waals surface area contributed by atoms with Crippen LogP contribution in [0.15, 0.2) is 18.2 Å². The van der Waals surface area contributed by atoms with Crippen LogP contribution in [0.4, 0.5) is 0 Å². The van der Waals surface area contributed by atoms with E-state index in [1.54, 1.807) is 25.3 Å². The van der Waals surface area contributed by atoms with Crippen LogP contribution in [0.2, 0.25) is 5.02 Å². The number of hydrogen-bond acceptors (Lipinski definition) is 4. The molecule has 0 bridgehead atoms. The van der Waals surface area contributed by atoms with Gasteiger partial charge in [-0.05, 0) is 12.1 Å². The van der Waals surface area contributed by atoms with Gasteiger partial charge in [0, 0.05) is 30.8 Å². The molecule has 6 heteroatoms. The molecule has 1 aromatic carbocycles. The molecule has 19 heavy (non-hydrogen) atoms. The van der Waals surface area contributed by atoms with Gasteiger partial charge in [0.25, 0.3) is 0 Å². The van der Waals surface area contributed by atoms with Crippen molar-refractivity contribution in [2.75, 3.05) is 20.8 Å². The SMILES string of the molecule is COc1cccc(Cl)c1CNC(=O)CC(CN)OC. The minimum absolute atomic E-state index is 0.140. The lowest BCUT2D eigenvalue weighted by Gasteiger charge is -2.14. The van der Waals surface area contributed by atoms with Crippen molar-refractivity contribution < 1.29 is 14.3 Å². The smallest absolute Gasteiger partial charge is 0.222 e. The average Bonchev–Trinajstić information content (AvgIpc) is 2.43. The molecule has 0 spiro atoms. The van der Waals surface area contributed by atoms with E-state index in [0.717, 1.165) is 5.56 Å². The second-order valence-electron chi connectivity index (χ2n) is 3.99. The zero-order valence-electron chi connectivity index (χ0n) is 11.1. The molecule has 1 aromatic rings. The number of rotatable bonds is 7. The summed E-state index contributed by atoms with van der Waals surface area (Å²) in [6.07, 6.45) is -0.0482. The van der Waals surface area contributed by atoms with Crippen LogP contribution >= 0.6 is 11.6 Å². The molecule has 0 saturated carbocycles. The Labute approximate surface area is 118 Å². The Morgan fingerprint density at radius 2 is 2.21 bits per heavy atom. The molecular formula is C13H19ClN2O3. The number of hydrogen-bond donors (Lipinski definition) is 2. The fourth-order valence-corrected chi connectivity index (χ4v) is 1.86. The Morgan fingerprint density at radius 1 is 1.47 bits per heavy atom. The second kappa shape index (κ2) is 7.99. The molecular weight excluding hydrogens is 268 g/mol. The van der Waals surface area contributed by atoms with Crippen molar-refractivity contribution >= 4 is 17.5 Å². The maximum atomic E-state index is 11.7. The van der Waals surface area contributed by atoms with Gasteiger partial charge in [-0.2, -0.15) is 0 Å². The summed E-state index contributed by atoms with van der Waals surface area (Å²) in [5.41, 5.74) is 6.21. The number of nitrogens with two attached hydrogens (primary N) is 1. The van der Waals surface area contributed by atoms with Crippen molar-refractivity contribution in [1.82, 2.24) is 5.32 Å². The monoisotopic (exact) mass is 286 g/mol. The van der Waals surface area contributed by atoms with Crippen molar-refractivity contribution in [2.45, 2.75) is 19.1 Å². The third-order valence-electron chi connectivity index (χ3n) is 2.77. The number of benzene rings is 1. The number of halogens is 1. The van der Waals surface area contributed by atoms with E-state index >= 15 is 0 Å². The quantitative estimate of drug-likeness (QED) is 0.793. The van der Waals surface area contributed by atoms with Gasteiger partial charge in [0.2, 0.25) is 5.91 Å². The summed E-state index contributed by atoms with van der Waals surface area (Å²) in [7, 11) is 3.09. The van der Waals surface area contributed by atoms with E-state index in [1.807, 2.05) is 0 Å². The summed E-state index contributed by atoms with van der Waals surface area (Å²) in [6.45, 7) is 0.613. The summed E-state index contributed by atoms with van der Waals surface area (Å²) >= 11 is 6.08. The first-order chi connectivity index (χ1) is 9.12. The zero-order chi connectivity index (χ0) is 14.3. The number of methoxy groups -OCH3 is 2. The van der Waals surface area contributed by atoms with Gasteiger partial charge in [-0.25, -0.2) is 0 Å². The first-order valence-electron chi connectivity index (χ1n) is 5.93. The standard InChI is InChI=1S/C13H19ClN2O3/c1-18-9(7-15)6-13(17)16-8-10-11(14)4-3-5-12(10)19-2/h3-5,9H,6-8,15H2,1-2H3,(H,16,17). The van der Waals surface area contributed by atoms with E-state index in [4.69, 9.17) is 26.8 Å². The lowest BCUT2D eigenvalue weighted by Crippen LogP contribution is -2.32. The molecule has 5 nitrogen and oxygen atoms in total. The Balaban J connectivity index is 2.59. The molecule has 0 aliphatic heterocycles. The third kappa shape index (κ3) is 4.70. The summed E-state index contributed by atoms with van der Waals surface area (Å²) in [5.74, 6) is 0.509. The van der Waals surface area contributed by atoms with Crippen molar-refractivity contribution in [3.8, 4) is 5.75 Å². The van der Waals surface area contributed by atoms with E-state index in [2.05, 4.69) is 5.32 Å². The number of amides is 1. The minimum atomic E-state index is -0.270. The van der Waals surface area contributed by atoms with Crippen LogP contribution in [0.1, 0.15) is 12.0 Å². The lowest BCUT2D eigenvalue weighted by molar-refractivity contribution is -0.123. The first-order valence-corrected chi connectivity index (χ1v) is 6.31. The van der Waals surface area contributed by atoms with Gasteiger partial charge < -0.3 is 20.5 Å². The van der Waals surface area contributed by atoms with Crippen molar-refractivity contribution in [2.24, 2.45) is 5.73 Å². The summed E-state index contributed by atoms with van der Waals surface area (Å²) < 4.78 is 10.3. The summed E-state index contributed by atoms with van der Waals surface area (Å²) in [6, 6.07) is 5.34. The van der Waals surface area contributed by atoms with E-state index in [-0.39, 0.29) is 18.4 Å².